The number of ketones is 1. The number of rotatable bonds is 5. The molecule has 2 heterocycles. The van der Waals surface area contributed by atoms with Gasteiger partial charge in [0, 0.05) is 26.2 Å². The molecule has 6 nitrogen and oxygen atoms in total. The van der Waals surface area contributed by atoms with Gasteiger partial charge in [-0.2, -0.15) is 0 Å². The number of Topliss-reactive ketones (excluding diaryl/α,β-unsaturated/α-hetero) is 1. The van der Waals surface area contributed by atoms with Crippen molar-refractivity contribution in [2.45, 2.75) is 32.0 Å². The lowest BCUT2D eigenvalue weighted by atomic mass is 10.2. The summed E-state index contributed by atoms with van der Waals surface area (Å²) in [7, 11) is 1.61. The number of hydrogen-bond donors (Lipinski definition) is 1. The fraction of sp³-hybridized carbons (Fsp3) is 0.571. The summed E-state index contributed by atoms with van der Waals surface area (Å²) in [6.07, 6.45) is 1.26. The average Bonchev–Trinajstić information content (AvgIpc) is 3.06. The smallest absolute Gasteiger partial charge is 0.296 e. The van der Waals surface area contributed by atoms with Crippen LogP contribution in [0.2, 0.25) is 0 Å². The molecule has 1 aromatic heterocycles. The van der Waals surface area contributed by atoms with Gasteiger partial charge in [0.1, 0.15) is 0 Å². The molecule has 1 N–H and O–H groups in total. The maximum Gasteiger partial charge on any atom is 0.296 e. The zero-order valence-electron chi connectivity index (χ0n) is 12.0. The van der Waals surface area contributed by atoms with Crippen LogP contribution in [0.1, 0.15) is 24.4 Å². The van der Waals surface area contributed by atoms with E-state index in [1.807, 2.05) is 0 Å². The highest BCUT2D eigenvalue weighted by molar-refractivity contribution is 6.42. The van der Waals surface area contributed by atoms with Crippen LogP contribution in [0.25, 0.3) is 0 Å². The third kappa shape index (κ3) is 3.08. The largest absolute Gasteiger partial charge is 0.461 e. The Bertz CT molecular complexity index is 470. The number of hydrogen-bond acceptors (Lipinski definition) is 5. The van der Waals surface area contributed by atoms with Crippen molar-refractivity contribution in [2.24, 2.45) is 0 Å². The van der Waals surface area contributed by atoms with Crippen LogP contribution in [0.15, 0.2) is 22.8 Å². The Labute approximate surface area is 118 Å². The van der Waals surface area contributed by atoms with Gasteiger partial charge in [-0.25, -0.2) is 0 Å². The second-order valence-electron chi connectivity index (χ2n) is 5.21. The van der Waals surface area contributed by atoms with Crippen LogP contribution in [-0.4, -0.2) is 55.0 Å². The molecule has 1 aliphatic heterocycles. The van der Waals surface area contributed by atoms with Crippen molar-refractivity contribution in [3.8, 4) is 0 Å². The molecule has 0 aliphatic carbocycles. The van der Waals surface area contributed by atoms with E-state index in [9.17, 15) is 9.59 Å². The molecule has 20 heavy (non-hydrogen) atoms. The van der Waals surface area contributed by atoms with Gasteiger partial charge in [-0.3, -0.25) is 14.5 Å². The first-order valence-electron chi connectivity index (χ1n) is 6.68. The van der Waals surface area contributed by atoms with E-state index >= 15 is 0 Å². The maximum atomic E-state index is 11.9. The van der Waals surface area contributed by atoms with Gasteiger partial charge in [0.2, 0.25) is 0 Å². The van der Waals surface area contributed by atoms with E-state index in [0.717, 1.165) is 6.54 Å². The number of ether oxygens (including phenoxy) is 1. The van der Waals surface area contributed by atoms with Crippen molar-refractivity contribution in [3.05, 3.63) is 24.2 Å². The normalized spacial score (nSPS) is 23.2. The Balaban J connectivity index is 1.98. The van der Waals surface area contributed by atoms with E-state index in [-0.39, 0.29) is 17.9 Å². The van der Waals surface area contributed by atoms with Gasteiger partial charge in [0.15, 0.2) is 5.76 Å². The molecule has 1 amide bonds. The Morgan fingerprint density at radius 3 is 2.75 bits per heavy atom. The number of nitrogens with zero attached hydrogens (tertiary/aromatic N) is 1. The Kier molecular flexibility index (Phi) is 4.57. The molecule has 0 saturated carbocycles. The fourth-order valence-electron chi connectivity index (χ4n) is 2.36. The predicted molar refractivity (Wildman–Crippen MR) is 72.5 cm³/mol. The highest BCUT2D eigenvalue weighted by Crippen LogP contribution is 2.16. The molecule has 1 aromatic rings. The first-order chi connectivity index (χ1) is 9.52. The number of amides is 1. The number of nitrogens with one attached hydrogen (secondary N) is 1. The van der Waals surface area contributed by atoms with Gasteiger partial charge in [0.05, 0.1) is 18.4 Å². The quantitative estimate of drug-likeness (QED) is 0.634. The Morgan fingerprint density at radius 2 is 2.20 bits per heavy atom. The van der Waals surface area contributed by atoms with Crippen LogP contribution in [0, 0.1) is 0 Å². The summed E-state index contributed by atoms with van der Waals surface area (Å²) in [5, 5.41) is 2.74. The predicted octanol–water partition coefficient (Wildman–Crippen LogP) is 0.686. The zero-order chi connectivity index (χ0) is 14.7. The number of carbonyl (C=O) groups is 2. The molecule has 1 saturated heterocycles. The van der Waals surface area contributed by atoms with Gasteiger partial charge in [-0.05, 0) is 26.0 Å². The minimum atomic E-state index is -0.659. The second kappa shape index (κ2) is 6.19. The first-order valence-corrected chi connectivity index (χ1v) is 6.68. The van der Waals surface area contributed by atoms with Crippen molar-refractivity contribution in [1.82, 2.24) is 10.2 Å². The van der Waals surface area contributed by atoms with Crippen LogP contribution in [-0.2, 0) is 9.53 Å². The van der Waals surface area contributed by atoms with Crippen molar-refractivity contribution >= 4 is 11.7 Å². The second-order valence-corrected chi connectivity index (χ2v) is 5.21. The molecular formula is C14H20N2O4. The molecule has 6 heteroatoms. The minimum Gasteiger partial charge on any atom is -0.461 e. The van der Waals surface area contributed by atoms with Crippen molar-refractivity contribution in [3.63, 3.8) is 0 Å². The molecule has 0 bridgehead atoms. The number of furan rings is 1. The summed E-state index contributed by atoms with van der Waals surface area (Å²) in [5.74, 6) is -1.26. The fourth-order valence-corrected chi connectivity index (χ4v) is 2.36. The average molecular weight is 280 g/mol. The summed E-state index contributed by atoms with van der Waals surface area (Å²) in [5.41, 5.74) is 0. The topological polar surface area (TPSA) is 71.8 Å². The Hall–Kier alpha value is -1.66. The van der Waals surface area contributed by atoms with E-state index < -0.39 is 11.7 Å². The number of carbonyl (C=O) groups excluding carboxylic acids is 2. The van der Waals surface area contributed by atoms with Gasteiger partial charge >= 0.3 is 0 Å². The van der Waals surface area contributed by atoms with Gasteiger partial charge in [0.25, 0.3) is 11.7 Å². The molecule has 110 valence electrons. The molecule has 2 rings (SSSR count). The lowest BCUT2D eigenvalue weighted by Gasteiger charge is -2.19. The molecule has 1 fully saturated rings. The molecule has 1 aliphatic rings. The SMILES string of the molecule is CO[C@H]1CN(C(C)C)C[C@@H]1NC(=O)C(=O)c1ccco1. The standard InChI is InChI=1S/C14H20N2O4/c1-9(2)16-7-10(12(8-16)19-3)15-14(18)13(17)11-5-4-6-20-11/h4-6,9-10,12H,7-8H2,1-3H3,(H,15,18)/t10-,12-/m0/s1. The molecule has 0 aromatic carbocycles. The molecule has 2 atom stereocenters. The summed E-state index contributed by atoms with van der Waals surface area (Å²) < 4.78 is 10.3. The van der Waals surface area contributed by atoms with Crippen LogP contribution >= 0.6 is 0 Å². The summed E-state index contributed by atoms with van der Waals surface area (Å²) in [4.78, 5) is 26.0. The third-order valence-corrected chi connectivity index (χ3v) is 3.60. The van der Waals surface area contributed by atoms with Gasteiger partial charge in [-0.15, -0.1) is 0 Å². The number of methoxy groups -OCH3 is 1. The van der Waals surface area contributed by atoms with Crippen molar-refractivity contribution in [2.75, 3.05) is 20.2 Å². The van der Waals surface area contributed by atoms with Crippen LogP contribution in [0.5, 0.6) is 0 Å². The highest BCUT2D eigenvalue weighted by atomic mass is 16.5. The van der Waals surface area contributed by atoms with Crippen molar-refractivity contribution in [1.29, 1.82) is 0 Å². The molecule has 0 radical (unpaired) electrons. The summed E-state index contributed by atoms with van der Waals surface area (Å²) >= 11 is 0. The lowest BCUT2D eigenvalue weighted by molar-refractivity contribution is -0.118. The molecule has 0 spiro atoms. The van der Waals surface area contributed by atoms with Crippen molar-refractivity contribution < 1.29 is 18.7 Å². The zero-order valence-corrected chi connectivity index (χ0v) is 12.0. The molecular weight excluding hydrogens is 260 g/mol. The summed E-state index contributed by atoms with van der Waals surface area (Å²) in [6, 6.07) is 3.24. The maximum absolute atomic E-state index is 11.9. The number of likely N-dealkylation sites (tertiary alicyclic amines) is 1. The minimum absolute atomic E-state index is 0.0511. The van der Waals surface area contributed by atoms with Crippen LogP contribution in [0.4, 0.5) is 0 Å². The highest BCUT2D eigenvalue weighted by Gasteiger charge is 2.36. The monoisotopic (exact) mass is 280 g/mol. The lowest BCUT2D eigenvalue weighted by Crippen LogP contribution is -2.46. The van der Waals surface area contributed by atoms with Gasteiger partial charge < -0.3 is 14.5 Å². The van der Waals surface area contributed by atoms with E-state index in [4.69, 9.17) is 9.15 Å². The van der Waals surface area contributed by atoms with Gasteiger partial charge in [-0.1, -0.05) is 0 Å². The molecule has 0 unspecified atom stereocenters. The Morgan fingerprint density at radius 1 is 1.45 bits per heavy atom. The van der Waals surface area contributed by atoms with E-state index in [0.29, 0.717) is 12.6 Å². The van der Waals surface area contributed by atoms with Crippen LogP contribution < -0.4 is 5.32 Å². The summed E-state index contributed by atoms with van der Waals surface area (Å²) in [6.45, 7) is 5.59. The van der Waals surface area contributed by atoms with E-state index in [2.05, 4.69) is 24.1 Å². The third-order valence-electron chi connectivity index (χ3n) is 3.60. The van der Waals surface area contributed by atoms with E-state index in [1.165, 1.54) is 12.3 Å². The van der Waals surface area contributed by atoms with Crippen LogP contribution in [0.3, 0.4) is 0 Å². The van der Waals surface area contributed by atoms with E-state index in [1.54, 1.807) is 13.2 Å². The first kappa shape index (κ1) is 14.7.